The van der Waals surface area contributed by atoms with Gasteiger partial charge in [-0.2, -0.15) is 10.2 Å². The number of anilines is 1. The Kier molecular flexibility index (Phi) is 11.0. The van der Waals surface area contributed by atoms with E-state index in [1.807, 2.05) is 32.9 Å². The lowest BCUT2D eigenvalue weighted by molar-refractivity contribution is 0.938. The summed E-state index contributed by atoms with van der Waals surface area (Å²) in [6.45, 7) is 7.57. The summed E-state index contributed by atoms with van der Waals surface area (Å²) in [5.41, 5.74) is 10.8. The van der Waals surface area contributed by atoms with Crippen molar-refractivity contribution in [2.75, 3.05) is 5.73 Å². The van der Waals surface area contributed by atoms with Gasteiger partial charge in [0.05, 0.1) is 11.4 Å². The Balaban J connectivity index is 0.000000258. The number of nitrogens with zero attached hydrogens (tertiary/aromatic N) is 6. The maximum absolute atomic E-state index is 5.77. The second-order valence-electron chi connectivity index (χ2n) is 6.57. The van der Waals surface area contributed by atoms with Crippen molar-refractivity contribution in [1.29, 1.82) is 0 Å². The fraction of sp³-hybridized carbons (Fsp3) is 0.300. The molecule has 0 bridgehead atoms. The van der Waals surface area contributed by atoms with Crippen LogP contribution in [-0.4, -0.2) is 40.3 Å². The zero-order chi connectivity index (χ0) is 23.0. The summed E-state index contributed by atoms with van der Waals surface area (Å²) >= 11 is 16.7. The van der Waals surface area contributed by atoms with Crippen molar-refractivity contribution in [3.8, 4) is 0 Å². The van der Waals surface area contributed by atoms with Gasteiger partial charge in [-0.15, -0.1) is 0 Å². The van der Waals surface area contributed by atoms with Gasteiger partial charge in [-0.25, -0.2) is 19.9 Å². The molecule has 9 nitrogen and oxygen atoms in total. The molecular weight excluding hydrogens is 473 g/mol. The SMILES string of the molecule is C.Cc1cc(Cc2cc(C)[nH]n2)nc(Cl)n1.Cc1cc(Cl)nc(Cl)n1.Cc1cc(N)n[nH]1. The topological polar surface area (TPSA) is 135 Å². The molecule has 0 saturated heterocycles. The maximum atomic E-state index is 5.77. The molecule has 172 valence electrons. The van der Waals surface area contributed by atoms with Crippen LogP contribution in [0, 0.1) is 27.7 Å². The van der Waals surface area contributed by atoms with Crippen LogP contribution >= 0.6 is 34.8 Å². The third-order valence-electron chi connectivity index (χ3n) is 3.52. The van der Waals surface area contributed by atoms with E-state index in [1.54, 1.807) is 19.1 Å². The maximum Gasteiger partial charge on any atom is 0.223 e. The van der Waals surface area contributed by atoms with Crippen LogP contribution in [0.5, 0.6) is 0 Å². The molecule has 32 heavy (non-hydrogen) atoms. The highest BCUT2D eigenvalue weighted by Crippen LogP contribution is 2.10. The van der Waals surface area contributed by atoms with Gasteiger partial charge >= 0.3 is 0 Å². The monoisotopic (exact) mass is 497 g/mol. The molecule has 4 aromatic rings. The average molecular weight is 499 g/mol. The molecule has 4 rings (SSSR count). The highest BCUT2D eigenvalue weighted by molar-refractivity contribution is 6.31. The van der Waals surface area contributed by atoms with E-state index in [0.29, 0.717) is 17.4 Å². The number of H-pyrrole nitrogens is 2. The highest BCUT2D eigenvalue weighted by Gasteiger charge is 2.04. The van der Waals surface area contributed by atoms with Gasteiger partial charge in [-0.05, 0) is 69.1 Å². The molecule has 0 unspecified atom stereocenters. The zero-order valence-electron chi connectivity index (χ0n) is 17.4. The number of nitrogens with one attached hydrogen (secondary N) is 2. The summed E-state index contributed by atoms with van der Waals surface area (Å²) in [4.78, 5) is 15.6. The fourth-order valence-electron chi connectivity index (χ4n) is 2.37. The Morgan fingerprint density at radius 2 is 1.28 bits per heavy atom. The van der Waals surface area contributed by atoms with E-state index in [0.717, 1.165) is 34.2 Å². The van der Waals surface area contributed by atoms with Crippen LogP contribution < -0.4 is 5.73 Å². The van der Waals surface area contributed by atoms with Gasteiger partial charge in [0.2, 0.25) is 10.6 Å². The largest absolute Gasteiger partial charge is 0.382 e. The third kappa shape index (κ3) is 10.0. The van der Waals surface area contributed by atoms with E-state index in [2.05, 4.69) is 40.3 Å². The van der Waals surface area contributed by atoms with Gasteiger partial charge in [-0.3, -0.25) is 10.2 Å². The number of aryl methyl sites for hydroxylation is 4. The molecule has 0 spiro atoms. The minimum absolute atomic E-state index is 0. The molecular formula is C20H26Cl3N9. The average Bonchev–Trinajstić information content (AvgIpc) is 3.21. The summed E-state index contributed by atoms with van der Waals surface area (Å²) in [6.07, 6.45) is 0.674. The molecule has 4 heterocycles. The summed E-state index contributed by atoms with van der Waals surface area (Å²) in [5, 5.41) is 14.3. The summed E-state index contributed by atoms with van der Waals surface area (Å²) < 4.78 is 0. The fourth-order valence-corrected chi connectivity index (χ4v) is 3.12. The summed E-state index contributed by atoms with van der Waals surface area (Å²) in [7, 11) is 0. The van der Waals surface area contributed by atoms with E-state index in [4.69, 9.17) is 40.5 Å². The van der Waals surface area contributed by atoms with Gasteiger partial charge in [0, 0.05) is 35.3 Å². The van der Waals surface area contributed by atoms with Gasteiger partial charge in [0.1, 0.15) is 11.0 Å². The summed E-state index contributed by atoms with van der Waals surface area (Å²) in [6, 6.07) is 7.33. The standard InChI is InChI=1S/C10H11ClN4.C5H4Cl2N2.C4H7N3.CH4/c1-6-3-8(13-10(11)12-6)5-9-4-7(2)14-15-9;1-3-2-4(6)9-5(7)8-3;1-3-2-4(5)7-6-3;/h3-4H,5H2,1-2H3,(H,14,15);2H,1H3;2H,1H3,(H3,5,6,7);1H4. The van der Waals surface area contributed by atoms with Crippen LogP contribution in [0.3, 0.4) is 0 Å². The molecule has 0 fully saturated rings. The van der Waals surface area contributed by atoms with Crippen molar-refractivity contribution in [2.45, 2.75) is 41.5 Å². The predicted octanol–water partition coefficient (Wildman–Crippen LogP) is 5.09. The Morgan fingerprint density at radius 1 is 0.719 bits per heavy atom. The number of rotatable bonds is 2. The van der Waals surface area contributed by atoms with E-state index in [-0.39, 0.29) is 18.0 Å². The number of aromatic amines is 2. The van der Waals surface area contributed by atoms with Crippen LogP contribution in [0.25, 0.3) is 0 Å². The molecule has 0 saturated carbocycles. The van der Waals surface area contributed by atoms with Crippen LogP contribution in [0.2, 0.25) is 15.7 Å². The van der Waals surface area contributed by atoms with Crippen LogP contribution in [0.4, 0.5) is 5.82 Å². The first-order valence-corrected chi connectivity index (χ1v) is 10.2. The molecule has 0 aliphatic carbocycles. The normalized spacial score (nSPS) is 9.72. The second-order valence-corrected chi connectivity index (χ2v) is 7.63. The number of hydrogen-bond acceptors (Lipinski definition) is 7. The van der Waals surface area contributed by atoms with Gasteiger partial charge < -0.3 is 5.73 Å². The van der Waals surface area contributed by atoms with Crippen molar-refractivity contribution in [3.05, 3.63) is 74.1 Å². The number of aromatic nitrogens is 8. The molecule has 4 N–H and O–H groups in total. The Hall–Kier alpha value is -2.75. The molecule has 0 aromatic carbocycles. The third-order valence-corrected chi connectivity index (χ3v) is 4.05. The Morgan fingerprint density at radius 3 is 1.69 bits per heavy atom. The smallest absolute Gasteiger partial charge is 0.223 e. The lowest BCUT2D eigenvalue weighted by Crippen LogP contribution is -1.96. The van der Waals surface area contributed by atoms with E-state index in [9.17, 15) is 0 Å². The second kappa shape index (κ2) is 12.9. The quantitative estimate of drug-likeness (QED) is 0.259. The lowest BCUT2D eigenvalue weighted by Gasteiger charge is -1.99. The molecule has 12 heteroatoms. The Labute approximate surface area is 202 Å². The van der Waals surface area contributed by atoms with Crippen molar-refractivity contribution in [1.82, 2.24) is 40.3 Å². The van der Waals surface area contributed by atoms with Crippen molar-refractivity contribution < 1.29 is 0 Å². The van der Waals surface area contributed by atoms with Gasteiger partial charge in [-0.1, -0.05) is 19.0 Å². The van der Waals surface area contributed by atoms with Crippen molar-refractivity contribution in [2.24, 2.45) is 0 Å². The molecule has 0 aliphatic heterocycles. The molecule has 4 aromatic heterocycles. The van der Waals surface area contributed by atoms with E-state index < -0.39 is 0 Å². The van der Waals surface area contributed by atoms with Crippen molar-refractivity contribution >= 4 is 40.6 Å². The van der Waals surface area contributed by atoms with Crippen LogP contribution in [0.1, 0.15) is 41.6 Å². The van der Waals surface area contributed by atoms with Gasteiger partial charge in [0.25, 0.3) is 0 Å². The van der Waals surface area contributed by atoms with Crippen LogP contribution in [0.15, 0.2) is 24.3 Å². The zero-order valence-corrected chi connectivity index (χ0v) is 19.7. The van der Waals surface area contributed by atoms with E-state index >= 15 is 0 Å². The predicted molar refractivity (Wildman–Crippen MR) is 129 cm³/mol. The Bertz CT molecular complexity index is 1040. The number of hydrogen-bond donors (Lipinski definition) is 3. The minimum atomic E-state index is 0. The number of nitrogens with two attached hydrogens (primary N) is 1. The first kappa shape index (κ1) is 27.3. The van der Waals surface area contributed by atoms with Crippen LogP contribution in [-0.2, 0) is 6.42 Å². The number of nitrogen functional groups attached to an aromatic ring is 1. The number of halogens is 3. The van der Waals surface area contributed by atoms with Crippen molar-refractivity contribution in [3.63, 3.8) is 0 Å². The first-order valence-electron chi connectivity index (χ1n) is 9.06. The molecule has 0 amide bonds. The summed E-state index contributed by atoms with van der Waals surface area (Å²) in [5.74, 6) is 0.553. The molecule has 0 atom stereocenters. The minimum Gasteiger partial charge on any atom is -0.382 e. The van der Waals surface area contributed by atoms with Gasteiger partial charge in [0.15, 0.2) is 0 Å². The molecule has 0 aliphatic rings. The van der Waals surface area contributed by atoms with E-state index in [1.165, 1.54) is 0 Å². The highest BCUT2D eigenvalue weighted by atomic mass is 35.5. The first-order chi connectivity index (χ1) is 14.6. The molecule has 0 radical (unpaired) electrons. The lowest BCUT2D eigenvalue weighted by atomic mass is 10.2.